The van der Waals surface area contributed by atoms with E-state index in [-0.39, 0.29) is 46.5 Å². The molecule has 0 aromatic carbocycles. The first-order valence-corrected chi connectivity index (χ1v) is 9.89. The van der Waals surface area contributed by atoms with E-state index < -0.39 is 8.24 Å². The van der Waals surface area contributed by atoms with Crippen LogP contribution in [0.4, 0.5) is 0 Å². The second kappa shape index (κ2) is 9.86. The zero-order valence-corrected chi connectivity index (χ0v) is 18.2. The maximum atomic E-state index is 3.90. The van der Waals surface area contributed by atoms with Crippen molar-refractivity contribution in [2.45, 2.75) is 67.1 Å². The van der Waals surface area contributed by atoms with Crippen molar-refractivity contribution in [1.29, 1.82) is 0 Å². The summed E-state index contributed by atoms with van der Waals surface area (Å²) in [4.78, 5) is 3.90. The number of nitrogens with one attached hydrogen (secondary N) is 1. The van der Waals surface area contributed by atoms with E-state index in [2.05, 4.69) is 59.6 Å². The predicted molar refractivity (Wildman–Crippen MR) is 80.6 cm³/mol. The van der Waals surface area contributed by atoms with Crippen molar-refractivity contribution in [1.82, 2.24) is 4.98 Å². The van der Waals surface area contributed by atoms with Gasteiger partial charge < -0.3 is 29.8 Å². The number of rotatable bonds is 4. The number of hydrogen-bond acceptors (Lipinski definition) is 1. The van der Waals surface area contributed by atoms with Crippen LogP contribution in [0.5, 0.6) is 0 Å². The van der Waals surface area contributed by atoms with Gasteiger partial charge in [0.15, 0.2) is 0 Å². The molecule has 0 saturated heterocycles. The normalized spacial score (nSPS) is 20.1. The minimum absolute atomic E-state index is 0. The van der Waals surface area contributed by atoms with E-state index in [1.807, 2.05) is 0 Å². The number of allylic oxidation sites excluding steroid dienone is 4. The Morgan fingerprint density at radius 3 is 1.85 bits per heavy atom. The smallest absolute Gasteiger partial charge is 1.00 e. The fourth-order valence-corrected chi connectivity index (χ4v) is 7.19. The maximum Gasteiger partial charge on any atom is 2.00 e. The van der Waals surface area contributed by atoms with Gasteiger partial charge in [0.2, 0.25) is 0 Å². The van der Waals surface area contributed by atoms with Gasteiger partial charge in [-0.1, -0.05) is 50.2 Å². The van der Waals surface area contributed by atoms with Gasteiger partial charge in [0.25, 0.3) is 0 Å². The minimum atomic E-state index is -1.48. The summed E-state index contributed by atoms with van der Waals surface area (Å²) in [5, 5.41) is 1.72. The zero-order valence-electron chi connectivity index (χ0n) is 14.1. The van der Waals surface area contributed by atoms with E-state index in [0.717, 1.165) is 0 Å². The molecule has 0 saturated carbocycles. The molecule has 0 fully saturated rings. The third kappa shape index (κ3) is 5.30. The number of halogens is 2. The molecule has 1 N–H and O–H groups in total. The van der Waals surface area contributed by atoms with Crippen LogP contribution < -0.4 is 29.8 Å². The molecule has 0 aromatic heterocycles. The summed E-state index contributed by atoms with van der Waals surface area (Å²) in [6, 6.07) is 0.630. The Kier molecular flexibility index (Phi) is 12.8. The Bertz CT molecular complexity index is 378. The Balaban J connectivity index is -0.000000963. The van der Waals surface area contributed by atoms with E-state index in [9.17, 15) is 0 Å². The summed E-state index contributed by atoms with van der Waals surface area (Å²) in [6.45, 7) is 18.7. The third-order valence-electron chi connectivity index (χ3n) is 4.53. The van der Waals surface area contributed by atoms with Crippen LogP contribution in [-0.2, 0) is 21.7 Å². The van der Waals surface area contributed by atoms with Crippen LogP contribution in [0.2, 0.25) is 13.1 Å². The summed E-state index contributed by atoms with van der Waals surface area (Å²) in [7, 11) is -1.48. The molecule has 0 aromatic rings. The van der Waals surface area contributed by atoms with Crippen LogP contribution >= 0.6 is 0 Å². The van der Waals surface area contributed by atoms with Gasteiger partial charge in [-0.15, -0.1) is 0 Å². The quantitative estimate of drug-likeness (QED) is 0.590. The van der Waals surface area contributed by atoms with Crippen molar-refractivity contribution in [2.75, 3.05) is 0 Å². The van der Waals surface area contributed by atoms with E-state index >= 15 is 0 Å². The Morgan fingerprint density at radius 1 is 1.10 bits per heavy atom. The van der Waals surface area contributed by atoms with Crippen molar-refractivity contribution in [3.05, 3.63) is 21.9 Å². The molecule has 5 heteroatoms. The van der Waals surface area contributed by atoms with E-state index in [0.29, 0.717) is 12.0 Å². The van der Waals surface area contributed by atoms with Gasteiger partial charge in [0.1, 0.15) is 8.24 Å². The molecule has 2 atom stereocenters. The van der Waals surface area contributed by atoms with Gasteiger partial charge in [0.05, 0.1) is 0 Å². The summed E-state index contributed by atoms with van der Waals surface area (Å²) in [5.74, 6) is 0.647. The molecule has 0 bridgehead atoms. The number of hydrogen-bond donors (Lipinski definition) is 1. The second-order valence-corrected chi connectivity index (χ2v) is 10.2. The molecule has 2 unspecified atom stereocenters. The summed E-state index contributed by atoms with van der Waals surface area (Å²) >= 11 is 0. The molecule has 0 heterocycles. The van der Waals surface area contributed by atoms with Gasteiger partial charge in [-0.25, -0.2) is 0 Å². The van der Waals surface area contributed by atoms with Crippen molar-refractivity contribution in [3.8, 4) is 0 Å². The van der Waals surface area contributed by atoms with Crippen LogP contribution in [0.1, 0.15) is 48.0 Å². The van der Waals surface area contributed by atoms with Crippen molar-refractivity contribution in [2.24, 2.45) is 5.92 Å². The van der Waals surface area contributed by atoms with Crippen LogP contribution in [0.3, 0.4) is 0 Å². The molecular weight excluding hydrogens is 341 g/mol. The largest absolute Gasteiger partial charge is 2.00 e. The topological polar surface area (TPSA) is 12.0 Å². The molecule has 0 aliphatic heterocycles. The van der Waals surface area contributed by atoms with Gasteiger partial charge in [-0.3, -0.25) is 0 Å². The standard InChI is InChI=1S/C15H29NSi.2ClH.Ti/c1-9-10(2)16-17(7,8)15-13(5)11(3)12(4)14(15)6;;;/h10,13,16H,9H2,1-8H3;2*1H;/q;;;+2/p-2. The molecule has 0 spiro atoms. The zero-order chi connectivity index (χ0) is 13.4. The SMILES string of the molecule is CCC(C)N[Si](C)(C)C1=C(C)C(C)=C(C)C1C.[Cl-].[Cl-].[Ti+2]. The molecule has 116 valence electrons. The first-order valence-electron chi connectivity index (χ1n) is 6.89. The summed E-state index contributed by atoms with van der Waals surface area (Å²) in [6.07, 6.45) is 1.21. The van der Waals surface area contributed by atoms with Crippen LogP contribution in [0, 0.1) is 5.92 Å². The van der Waals surface area contributed by atoms with Gasteiger partial charge in [-0.2, -0.15) is 0 Å². The van der Waals surface area contributed by atoms with E-state index in [1.165, 1.54) is 12.0 Å². The molecule has 1 aliphatic carbocycles. The van der Waals surface area contributed by atoms with Gasteiger partial charge >= 0.3 is 21.7 Å². The summed E-state index contributed by atoms with van der Waals surface area (Å²) < 4.78 is 0. The molecule has 0 amide bonds. The molecule has 1 rings (SSSR count). The Morgan fingerprint density at radius 2 is 1.55 bits per heavy atom. The van der Waals surface area contributed by atoms with Gasteiger partial charge in [0, 0.05) is 0 Å². The molecule has 1 nitrogen and oxygen atoms in total. The fourth-order valence-electron chi connectivity index (χ4n) is 3.17. The third-order valence-corrected chi connectivity index (χ3v) is 7.90. The predicted octanol–water partition coefficient (Wildman–Crippen LogP) is -1.57. The first-order chi connectivity index (χ1) is 7.72. The van der Waals surface area contributed by atoms with Crippen molar-refractivity contribution < 1.29 is 46.5 Å². The second-order valence-electron chi connectivity index (χ2n) is 6.15. The average Bonchev–Trinajstić information content (AvgIpc) is 2.42. The minimum Gasteiger partial charge on any atom is -1.00 e. The fraction of sp³-hybridized carbons (Fsp3) is 0.733. The van der Waals surface area contributed by atoms with E-state index in [4.69, 9.17) is 0 Å². The Hall–Kier alpha value is 0.951. The monoisotopic (exact) mass is 369 g/mol. The van der Waals surface area contributed by atoms with E-state index in [1.54, 1.807) is 16.3 Å². The average molecular weight is 370 g/mol. The molecule has 1 aliphatic rings. The maximum absolute atomic E-state index is 3.90. The van der Waals surface area contributed by atoms with Crippen LogP contribution in [-0.4, -0.2) is 14.3 Å². The molecule has 20 heavy (non-hydrogen) atoms. The molecular formula is C15H29Cl2NSiTi. The van der Waals surface area contributed by atoms with Crippen LogP contribution in [0.25, 0.3) is 0 Å². The van der Waals surface area contributed by atoms with Crippen LogP contribution in [0.15, 0.2) is 21.9 Å². The Labute approximate surface area is 154 Å². The van der Waals surface area contributed by atoms with Gasteiger partial charge in [-0.05, 0) is 44.7 Å². The van der Waals surface area contributed by atoms with Crippen molar-refractivity contribution >= 4 is 8.24 Å². The summed E-state index contributed by atoms with van der Waals surface area (Å²) in [5.41, 5.74) is 4.66. The van der Waals surface area contributed by atoms with Crippen molar-refractivity contribution in [3.63, 3.8) is 0 Å². The molecule has 0 radical (unpaired) electrons. The first kappa shape index (κ1) is 25.9.